The summed E-state index contributed by atoms with van der Waals surface area (Å²) < 4.78 is 17.4. The molecule has 0 radical (unpaired) electrons. The molecule has 1 atom stereocenters. The minimum Gasteiger partial charge on any atom is -0.369 e. The number of halogens is 2. The van der Waals surface area contributed by atoms with Gasteiger partial charge in [-0.3, -0.25) is 4.79 Å². The van der Waals surface area contributed by atoms with Crippen LogP contribution in [-0.4, -0.2) is 24.2 Å². The van der Waals surface area contributed by atoms with Gasteiger partial charge < -0.3 is 15.2 Å². The van der Waals surface area contributed by atoms with Crippen LogP contribution in [0.3, 0.4) is 0 Å². The average molecular weight is 394 g/mol. The van der Waals surface area contributed by atoms with E-state index in [-0.39, 0.29) is 17.4 Å². The predicted octanol–water partition coefficient (Wildman–Crippen LogP) is 3.33. The van der Waals surface area contributed by atoms with Gasteiger partial charge in [-0.2, -0.15) is 0 Å². The summed E-state index contributed by atoms with van der Waals surface area (Å²) in [5.74, 6) is 0.165. The maximum Gasteiger partial charge on any atom is 0.251 e. The zero-order valence-corrected chi connectivity index (χ0v) is 15.3. The second-order valence-electron chi connectivity index (χ2n) is 6.97. The van der Waals surface area contributed by atoms with Gasteiger partial charge in [-0.25, -0.2) is 4.39 Å². The summed E-state index contributed by atoms with van der Waals surface area (Å²) in [5.41, 5.74) is 8.12. The Morgan fingerprint density at radius 2 is 2.08 bits per heavy atom. The van der Waals surface area contributed by atoms with Gasteiger partial charge in [-0.15, -0.1) is 0 Å². The summed E-state index contributed by atoms with van der Waals surface area (Å²) in [6.07, 6.45) is 3.01. The maximum absolute atomic E-state index is 15.1. The third-order valence-electron chi connectivity index (χ3n) is 5.32. The second kappa shape index (κ2) is 5.85. The van der Waals surface area contributed by atoms with Crippen molar-refractivity contribution in [3.63, 3.8) is 0 Å². The first-order chi connectivity index (χ1) is 11.5. The van der Waals surface area contributed by atoms with Gasteiger partial charge in [0, 0.05) is 30.6 Å². The molecule has 4 nitrogen and oxygen atoms in total. The van der Waals surface area contributed by atoms with Gasteiger partial charge in [-0.1, -0.05) is 0 Å². The maximum atomic E-state index is 15.1. The Kier molecular flexibility index (Phi) is 3.92. The minimum atomic E-state index is -0.237. The highest BCUT2D eigenvalue weighted by Crippen LogP contribution is 2.42. The Hall–Kier alpha value is -1.40. The van der Waals surface area contributed by atoms with Crippen LogP contribution in [0.15, 0.2) is 21.4 Å². The molecule has 2 N–H and O–H groups in total. The summed E-state index contributed by atoms with van der Waals surface area (Å²) in [4.78, 5) is 14.5. The van der Waals surface area contributed by atoms with Crippen molar-refractivity contribution in [3.8, 4) is 0 Å². The lowest BCUT2D eigenvalue weighted by atomic mass is 10.1. The van der Waals surface area contributed by atoms with Gasteiger partial charge in [0.1, 0.15) is 0 Å². The normalized spacial score (nSPS) is 21.0. The lowest BCUT2D eigenvalue weighted by Gasteiger charge is -2.25. The van der Waals surface area contributed by atoms with Crippen LogP contribution in [0.25, 0.3) is 10.9 Å². The van der Waals surface area contributed by atoms with Crippen molar-refractivity contribution in [2.24, 2.45) is 11.7 Å². The molecule has 1 saturated carbocycles. The van der Waals surface area contributed by atoms with Crippen molar-refractivity contribution in [3.05, 3.63) is 38.3 Å². The number of anilines is 1. The molecule has 24 heavy (non-hydrogen) atoms. The number of aryl methyl sites for hydroxylation is 1. The van der Waals surface area contributed by atoms with Gasteiger partial charge in [-0.05, 0) is 66.2 Å². The van der Waals surface area contributed by atoms with Crippen molar-refractivity contribution in [2.45, 2.75) is 32.2 Å². The van der Waals surface area contributed by atoms with Crippen LogP contribution in [0.1, 0.15) is 30.9 Å². The highest BCUT2D eigenvalue weighted by Gasteiger charge is 2.31. The summed E-state index contributed by atoms with van der Waals surface area (Å²) >= 11 is 3.43. The molecule has 4 rings (SSSR count). The molecule has 0 bridgehead atoms. The highest BCUT2D eigenvalue weighted by atomic mass is 79.9. The third-order valence-corrected chi connectivity index (χ3v) is 6.10. The molecule has 1 saturated heterocycles. The van der Waals surface area contributed by atoms with Crippen molar-refractivity contribution < 1.29 is 4.39 Å². The Labute approximate surface area is 148 Å². The number of hydrogen-bond acceptors (Lipinski definition) is 3. The number of benzene rings is 1. The van der Waals surface area contributed by atoms with Gasteiger partial charge in [0.05, 0.1) is 15.7 Å². The molecule has 2 aromatic rings. The fourth-order valence-electron chi connectivity index (χ4n) is 3.91. The Balaban J connectivity index is 1.98. The summed E-state index contributed by atoms with van der Waals surface area (Å²) in [6, 6.07) is 3.53. The number of nitrogens with two attached hydrogens (primary N) is 1. The van der Waals surface area contributed by atoms with Crippen LogP contribution < -0.4 is 16.2 Å². The molecule has 0 amide bonds. The van der Waals surface area contributed by atoms with Crippen molar-refractivity contribution in [1.82, 2.24) is 4.57 Å². The van der Waals surface area contributed by atoms with Crippen molar-refractivity contribution in [1.29, 1.82) is 0 Å². The SMILES string of the molecule is Cc1c(N2CCC(CN)C2)c(F)c(Br)c2ccc(=O)n(C3CC3)c12. The van der Waals surface area contributed by atoms with E-state index in [0.717, 1.165) is 48.8 Å². The van der Waals surface area contributed by atoms with Crippen molar-refractivity contribution in [2.75, 3.05) is 24.5 Å². The van der Waals surface area contributed by atoms with Crippen LogP contribution in [0.4, 0.5) is 10.1 Å². The summed E-state index contributed by atoms with van der Waals surface area (Å²) in [7, 11) is 0. The first-order valence-electron chi connectivity index (χ1n) is 8.50. The van der Waals surface area contributed by atoms with Crippen LogP contribution in [-0.2, 0) is 0 Å². The van der Waals surface area contributed by atoms with Crippen LogP contribution in [0, 0.1) is 18.7 Å². The number of hydrogen-bond donors (Lipinski definition) is 1. The molecular weight excluding hydrogens is 373 g/mol. The van der Waals surface area contributed by atoms with Gasteiger partial charge in [0.15, 0.2) is 5.82 Å². The van der Waals surface area contributed by atoms with E-state index < -0.39 is 0 Å². The van der Waals surface area contributed by atoms with Gasteiger partial charge in [0.2, 0.25) is 0 Å². The number of rotatable bonds is 3. The first kappa shape index (κ1) is 16.1. The smallest absolute Gasteiger partial charge is 0.251 e. The standard InChI is InChI=1S/C18H21BrFN3O/c1-10-17-13(4-5-14(24)23(17)12-2-3-12)15(19)16(20)18(10)22-7-6-11(8-21)9-22/h4-5,11-12H,2-3,6-9,21H2,1H3. The number of aromatic nitrogens is 1. The average Bonchev–Trinajstić information content (AvgIpc) is 3.30. The van der Waals surface area contributed by atoms with E-state index in [1.807, 2.05) is 11.5 Å². The lowest BCUT2D eigenvalue weighted by Crippen LogP contribution is -2.26. The fourth-order valence-corrected chi connectivity index (χ4v) is 4.42. The molecular formula is C18H21BrFN3O. The predicted molar refractivity (Wildman–Crippen MR) is 98.2 cm³/mol. The molecule has 6 heteroatoms. The molecule has 2 fully saturated rings. The largest absolute Gasteiger partial charge is 0.369 e. The quantitative estimate of drug-likeness (QED) is 0.869. The third kappa shape index (κ3) is 2.39. The molecule has 1 aromatic carbocycles. The van der Waals surface area contributed by atoms with Gasteiger partial charge >= 0.3 is 0 Å². The van der Waals surface area contributed by atoms with E-state index in [9.17, 15) is 4.79 Å². The molecule has 1 unspecified atom stereocenters. The monoisotopic (exact) mass is 393 g/mol. The van der Waals surface area contributed by atoms with Gasteiger partial charge in [0.25, 0.3) is 5.56 Å². The highest BCUT2D eigenvalue weighted by molar-refractivity contribution is 9.10. The number of pyridine rings is 1. The van der Waals surface area contributed by atoms with E-state index >= 15 is 4.39 Å². The van der Waals surface area contributed by atoms with E-state index in [4.69, 9.17) is 5.73 Å². The molecule has 1 aliphatic carbocycles. The molecule has 2 aliphatic rings. The lowest BCUT2D eigenvalue weighted by molar-refractivity contribution is 0.596. The topological polar surface area (TPSA) is 51.3 Å². The first-order valence-corrected chi connectivity index (χ1v) is 9.30. The zero-order chi connectivity index (χ0) is 17.0. The fraction of sp³-hybridized carbons (Fsp3) is 0.500. The summed E-state index contributed by atoms with van der Waals surface area (Å²) in [5, 5.41) is 0.773. The Morgan fingerprint density at radius 1 is 1.33 bits per heavy atom. The Bertz CT molecular complexity index is 875. The van der Waals surface area contributed by atoms with E-state index in [0.29, 0.717) is 22.6 Å². The van der Waals surface area contributed by atoms with E-state index in [2.05, 4.69) is 20.8 Å². The van der Waals surface area contributed by atoms with E-state index in [1.165, 1.54) is 0 Å². The van der Waals surface area contributed by atoms with Crippen molar-refractivity contribution >= 4 is 32.5 Å². The number of fused-ring (bicyclic) bond motifs is 1. The molecule has 1 aliphatic heterocycles. The molecule has 0 spiro atoms. The van der Waals surface area contributed by atoms with E-state index in [1.54, 1.807) is 12.1 Å². The Morgan fingerprint density at radius 3 is 2.71 bits per heavy atom. The second-order valence-corrected chi connectivity index (χ2v) is 7.77. The minimum absolute atomic E-state index is 0.00110. The van der Waals surface area contributed by atoms with Crippen LogP contribution in [0.2, 0.25) is 0 Å². The summed E-state index contributed by atoms with van der Waals surface area (Å²) in [6.45, 7) is 4.13. The molecule has 2 heterocycles. The zero-order valence-electron chi connectivity index (χ0n) is 13.7. The van der Waals surface area contributed by atoms with Crippen LogP contribution in [0.5, 0.6) is 0 Å². The molecule has 1 aromatic heterocycles. The van der Waals surface area contributed by atoms with Crippen LogP contribution >= 0.6 is 15.9 Å². The molecule has 128 valence electrons. The number of nitrogens with zero attached hydrogens (tertiary/aromatic N) is 2.